The van der Waals surface area contributed by atoms with Crippen molar-refractivity contribution in [3.05, 3.63) is 59.7 Å². The maximum atomic E-state index is 6.16. The van der Waals surface area contributed by atoms with Crippen LogP contribution in [-0.2, 0) is 11.3 Å². The van der Waals surface area contributed by atoms with E-state index in [0.717, 1.165) is 57.4 Å². The molecule has 0 radical (unpaired) electrons. The predicted octanol–water partition coefficient (Wildman–Crippen LogP) is 2.89. The Morgan fingerprint density at radius 2 is 1.87 bits per heavy atom. The van der Waals surface area contributed by atoms with Crippen LogP contribution in [0.2, 0.25) is 0 Å². The lowest BCUT2D eigenvalue weighted by Gasteiger charge is -2.48. The molecule has 0 unspecified atom stereocenters. The number of piperazine rings is 1. The van der Waals surface area contributed by atoms with Gasteiger partial charge in [0.2, 0.25) is 0 Å². The Balaban J connectivity index is 1.43. The van der Waals surface area contributed by atoms with E-state index in [1.807, 2.05) is 6.07 Å². The third-order valence-electron chi connectivity index (χ3n) is 6.24. The monoisotopic (exact) mass is 425 g/mol. The molecule has 6 nitrogen and oxygen atoms in total. The van der Waals surface area contributed by atoms with Crippen molar-refractivity contribution in [3.63, 3.8) is 0 Å². The minimum Gasteiger partial charge on any atom is -0.493 e. The highest BCUT2D eigenvalue weighted by molar-refractivity contribution is 5.46. The number of benzene rings is 2. The fraction of sp³-hybridized carbons (Fsp3) is 0.520. The molecule has 2 aromatic carbocycles. The zero-order valence-electron chi connectivity index (χ0n) is 19.0. The maximum absolute atomic E-state index is 6.16. The van der Waals surface area contributed by atoms with Crippen molar-refractivity contribution in [1.29, 1.82) is 0 Å². The van der Waals surface area contributed by atoms with Crippen LogP contribution in [0.1, 0.15) is 17.2 Å². The second kappa shape index (κ2) is 10.5. The number of rotatable bonds is 8. The molecule has 31 heavy (non-hydrogen) atoms. The van der Waals surface area contributed by atoms with Gasteiger partial charge >= 0.3 is 0 Å². The number of nitrogens with zero attached hydrogens (tertiary/aromatic N) is 3. The summed E-state index contributed by atoms with van der Waals surface area (Å²) < 4.78 is 17.8. The molecular weight excluding hydrogens is 390 g/mol. The van der Waals surface area contributed by atoms with Gasteiger partial charge < -0.3 is 19.1 Å². The zero-order chi connectivity index (χ0) is 21.6. The number of hydrogen-bond acceptors (Lipinski definition) is 6. The zero-order valence-corrected chi connectivity index (χ0v) is 19.0. The Labute approximate surface area is 186 Å². The van der Waals surface area contributed by atoms with E-state index in [0.29, 0.717) is 18.7 Å². The molecule has 2 saturated heterocycles. The van der Waals surface area contributed by atoms with Gasteiger partial charge in [-0.15, -0.1) is 0 Å². The Morgan fingerprint density at radius 3 is 2.65 bits per heavy atom. The standard InChI is InChI=1S/C25H35N3O3/c1-26(2)14-15-31-25-21(10-7-11-24(25)29-3)16-27-12-13-28-22(17-27)18-30-19-23(28)20-8-5-4-6-9-20/h4-11,22-23H,12-19H2,1-3H3/t22-,23-/m1/s1. The van der Waals surface area contributed by atoms with Crippen molar-refractivity contribution in [3.8, 4) is 11.5 Å². The van der Waals surface area contributed by atoms with E-state index in [1.54, 1.807) is 7.11 Å². The highest BCUT2D eigenvalue weighted by Crippen LogP contribution is 2.34. The molecule has 2 aromatic rings. The molecule has 0 aliphatic carbocycles. The van der Waals surface area contributed by atoms with Gasteiger partial charge in [0.25, 0.3) is 0 Å². The molecule has 168 valence electrons. The molecule has 2 fully saturated rings. The summed E-state index contributed by atoms with van der Waals surface area (Å²) in [5, 5.41) is 0. The van der Waals surface area contributed by atoms with Gasteiger partial charge in [-0.3, -0.25) is 9.80 Å². The second-order valence-corrected chi connectivity index (χ2v) is 8.69. The van der Waals surface area contributed by atoms with Crippen LogP contribution in [0, 0.1) is 0 Å². The van der Waals surface area contributed by atoms with Crippen molar-refractivity contribution >= 4 is 0 Å². The highest BCUT2D eigenvalue weighted by Gasteiger charge is 2.36. The number of fused-ring (bicyclic) bond motifs is 1. The van der Waals surface area contributed by atoms with E-state index < -0.39 is 0 Å². The van der Waals surface area contributed by atoms with E-state index in [4.69, 9.17) is 14.2 Å². The lowest BCUT2D eigenvalue weighted by Crippen LogP contribution is -2.58. The van der Waals surface area contributed by atoms with Gasteiger partial charge in [0.15, 0.2) is 11.5 Å². The van der Waals surface area contributed by atoms with Crippen LogP contribution in [0.5, 0.6) is 11.5 Å². The maximum Gasteiger partial charge on any atom is 0.165 e. The molecule has 0 aromatic heterocycles. The fourth-order valence-electron chi connectivity index (χ4n) is 4.59. The summed E-state index contributed by atoms with van der Waals surface area (Å²) in [5.74, 6) is 1.68. The van der Waals surface area contributed by atoms with Crippen molar-refractivity contribution in [2.24, 2.45) is 0 Å². The van der Waals surface area contributed by atoms with Crippen molar-refractivity contribution in [2.75, 3.05) is 67.2 Å². The summed E-state index contributed by atoms with van der Waals surface area (Å²) >= 11 is 0. The number of likely N-dealkylation sites (N-methyl/N-ethyl adjacent to an activating group) is 1. The van der Waals surface area contributed by atoms with Crippen molar-refractivity contribution < 1.29 is 14.2 Å². The second-order valence-electron chi connectivity index (χ2n) is 8.69. The van der Waals surface area contributed by atoms with Crippen LogP contribution in [0.25, 0.3) is 0 Å². The van der Waals surface area contributed by atoms with Gasteiger partial charge in [-0.05, 0) is 25.7 Å². The van der Waals surface area contributed by atoms with E-state index in [9.17, 15) is 0 Å². The van der Waals surface area contributed by atoms with Crippen LogP contribution in [0.3, 0.4) is 0 Å². The first kappa shape index (κ1) is 22.1. The van der Waals surface area contributed by atoms with Crippen LogP contribution in [0.15, 0.2) is 48.5 Å². The topological polar surface area (TPSA) is 37.4 Å². The summed E-state index contributed by atoms with van der Waals surface area (Å²) in [6.07, 6.45) is 0. The summed E-state index contributed by atoms with van der Waals surface area (Å²) in [6, 6.07) is 17.7. The smallest absolute Gasteiger partial charge is 0.165 e. The average molecular weight is 426 g/mol. The fourth-order valence-corrected chi connectivity index (χ4v) is 4.59. The molecule has 6 heteroatoms. The quantitative estimate of drug-likeness (QED) is 0.648. The Kier molecular flexibility index (Phi) is 7.45. The number of hydrogen-bond donors (Lipinski definition) is 0. The molecule has 0 amide bonds. The van der Waals surface area contributed by atoms with E-state index in [1.165, 1.54) is 11.1 Å². The summed E-state index contributed by atoms with van der Waals surface area (Å²) in [7, 11) is 5.82. The lowest BCUT2D eigenvalue weighted by atomic mass is 10.00. The molecule has 2 heterocycles. The average Bonchev–Trinajstić information content (AvgIpc) is 2.79. The van der Waals surface area contributed by atoms with E-state index >= 15 is 0 Å². The third kappa shape index (κ3) is 5.39. The van der Waals surface area contributed by atoms with Gasteiger partial charge in [0.1, 0.15) is 6.61 Å². The van der Waals surface area contributed by atoms with Gasteiger partial charge in [-0.25, -0.2) is 0 Å². The normalized spacial score (nSPS) is 22.3. The van der Waals surface area contributed by atoms with E-state index in [-0.39, 0.29) is 0 Å². The molecule has 2 aliphatic rings. The van der Waals surface area contributed by atoms with Crippen LogP contribution >= 0.6 is 0 Å². The SMILES string of the molecule is COc1cccc(CN2CCN3[C@@H](COC[C@@H]3c3ccccc3)C2)c1OCCN(C)C. The molecule has 0 N–H and O–H groups in total. The number of methoxy groups -OCH3 is 1. The molecule has 0 spiro atoms. The van der Waals surface area contributed by atoms with Crippen LogP contribution in [-0.4, -0.2) is 87.9 Å². The Hall–Kier alpha value is -2.12. The van der Waals surface area contributed by atoms with Crippen LogP contribution < -0.4 is 9.47 Å². The number of morpholine rings is 1. The number of para-hydroxylation sites is 1. The van der Waals surface area contributed by atoms with Gasteiger partial charge in [0.05, 0.1) is 26.4 Å². The van der Waals surface area contributed by atoms with E-state index in [2.05, 4.69) is 71.3 Å². The Bertz CT molecular complexity index is 830. The summed E-state index contributed by atoms with van der Waals surface area (Å²) in [6.45, 7) is 7.03. The highest BCUT2D eigenvalue weighted by atomic mass is 16.5. The minimum atomic E-state index is 0.351. The third-order valence-corrected chi connectivity index (χ3v) is 6.24. The largest absolute Gasteiger partial charge is 0.493 e. The van der Waals surface area contributed by atoms with Gasteiger partial charge in [0, 0.05) is 44.3 Å². The minimum absolute atomic E-state index is 0.351. The molecule has 0 saturated carbocycles. The molecule has 4 rings (SSSR count). The van der Waals surface area contributed by atoms with Crippen molar-refractivity contribution in [2.45, 2.75) is 18.6 Å². The van der Waals surface area contributed by atoms with Gasteiger partial charge in [-0.1, -0.05) is 42.5 Å². The number of ether oxygens (including phenoxy) is 3. The molecular formula is C25H35N3O3. The summed E-state index contributed by atoms with van der Waals surface area (Å²) in [4.78, 5) is 7.28. The first-order valence-electron chi connectivity index (χ1n) is 11.2. The molecule has 2 aliphatic heterocycles. The van der Waals surface area contributed by atoms with Crippen molar-refractivity contribution in [1.82, 2.24) is 14.7 Å². The predicted molar refractivity (Wildman–Crippen MR) is 123 cm³/mol. The lowest BCUT2D eigenvalue weighted by molar-refractivity contribution is -0.0836. The van der Waals surface area contributed by atoms with Crippen LogP contribution in [0.4, 0.5) is 0 Å². The summed E-state index contributed by atoms with van der Waals surface area (Å²) in [5.41, 5.74) is 2.54. The molecule has 2 atom stereocenters. The Morgan fingerprint density at radius 1 is 1.03 bits per heavy atom. The molecule has 0 bridgehead atoms. The van der Waals surface area contributed by atoms with Gasteiger partial charge in [-0.2, -0.15) is 0 Å². The first-order chi connectivity index (χ1) is 15.2. The first-order valence-corrected chi connectivity index (χ1v) is 11.2.